The van der Waals surface area contributed by atoms with Crippen molar-refractivity contribution in [2.45, 2.75) is 6.92 Å². The molecule has 0 bridgehead atoms. The first-order chi connectivity index (χ1) is 13.1. The molecule has 1 aliphatic rings. The molecule has 0 spiro atoms. The second-order valence-corrected chi connectivity index (χ2v) is 6.01. The summed E-state index contributed by atoms with van der Waals surface area (Å²) in [5, 5.41) is 5.71. The zero-order chi connectivity index (χ0) is 19.0. The number of carbonyl (C=O) groups is 1. The summed E-state index contributed by atoms with van der Waals surface area (Å²) in [6, 6.07) is 12.2. The Bertz CT molecular complexity index is 1110. The molecule has 3 aromatic rings. The number of hydrogen-bond acceptors (Lipinski definition) is 6. The van der Waals surface area contributed by atoms with E-state index < -0.39 is 10.9 Å². The van der Waals surface area contributed by atoms with Gasteiger partial charge in [-0.3, -0.25) is 14.4 Å². The number of nitrogens with one attached hydrogen (secondary N) is 2. The number of anilines is 3. The Hall–Kier alpha value is -3.61. The average Bonchev–Trinajstić information content (AvgIpc) is 2.68. The molecular formula is C20H16N2O5. The van der Waals surface area contributed by atoms with Gasteiger partial charge in [-0.2, -0.15) is 0 Å². The van der Waals surface area contributed by atoms with Crippen LogP contribution in [0.3, 0.4) is 0 Å². The molecule has 0 saturated carbocycles. The first-order valence-corrected chi connectivity index (χ1v) is 8.47. The highest BCUT2D eigenvalue weighted by Gasteiger charge is 2.25. The van der Waals surface area contributed by atoms with Crippen LogP contribution >= 0.6 is 0 Å². The van der Waals surface area contributed by atoms with E-state index in [1.807, 2.05) is 19.1 Å². The molecule has 1 aliphatic heterocycles. The number of para-hydroxylation sites is 2. The summed E-state index contributed by atoms with van der Waals surface area (Å²) in [5.41, 5.74) is 1.04. The fourth-order valence-corrected chi connectivity index (χ4v) is 3.00. The van der Waals surface area contributed by atoms with Gasteiger partial charge >= 0.3 is 0 Å². The van der Waals surface area contributed by atoms with Gasteiger partial charge in [-0.15, -0.1) is 0 Å². The Morgan fingerprint density at radius 3 is 2.74 bits per heavy atom. The lowest BCUT2D eigenvalue weighted by Gasteiger charge is -2.20. The Balaban J connectivity index is 1.71. The lowest BCUT2D eigenvalue weighted by molar-refractivity contribution is -0.118. The van der Waals surface area contributed by atoms with E-state index in [9.17, 15) is 14.4 Å². The standard InChI is InChI=1S/C20H16N2O5/c1-2-26-14-6-4-3-5-12(14)22-18-17(19(24)20(18)25)11-7-8-13-15(9-11)27-10-16(23)21-13/h3-9,22H,2,10H2,1H3,(H,21,23). The van der Waals surface area contributed by atoms with E-state index in [-0.39, 0.29) is 23.8 Å². The van der Waals surface area contributed by atoms with Crippen molar-refractivity contribution in [1.82, 2.24) is 0 Å². The van der Waals surface area contributed by atoms with Gasteiger partial charge in [-0.25, -0.2) is 0 Å². The molecule has 136 valence electrons. The van der Waals surface area contributed by atoms with E-state index >= 15 is 0 Å². The third-order valence-corrected chi connectivity index (χ3v) is 4.26. The maximum absolute atomic E-state index is 12.2. The van der Waals surface area contributed by atoms with Crippen molar-refractivity contribution in [3.05, 3.63) is 62.9 Å². The van der Waals surface area contributed by atoms with Crippen LogP contribution in [0.1, 0.15) is 6.92 Å². The number of amides is 1. The van der Waals surface area contributed by atoms with Gasteiger partial charge in [-0.05, 0) is 36.8 Å². The summed E-state index contributed by atoms with van der Waals surface area (Å²) in [6.45, 7) is 2.26. The van der Waals surface area contributed by atoms with Gasteiger partial charge in [0, 0.05) is 0 Å². The van der Waals surface area contributed by atoms with Crippen LogP contribution in [0.4, 0.5) is 17.1 Å². The lowest BCUT2D eigenvalue weighted by Crippen LogP contribution is -2.35. The second kappa shape index (κ2) is 6.60. The van der Waals surface area contributed by atoms with Crippen LogP contribution in [0, 0.1) is 0 Å². The first kappa shape index (κ1) is 16.8. The monoisotopic (exact) mass is 364 g/mol. The highest BCUT2D eigenvalue weighted by Crippen LogP contribution is 2.36. The molecule has 0 aromatic heterocycles. The predicted octanol–water partition coefficient (Wildman–Crippen LogP) is 2.42. The molecule has 3 aromatic carbocycles. The van der Waals surface area contributed by atoms with Crippen molar-refractivity contribution in [3.8, 4) is 22.6 Å². The fraction of sp³-hybridized carbons (Fsp3) is 0.150. The van der Waals surface area contributed by atoms with Gasteiger partial charge in [0.2, 0.25) is 5.43 Å². The highest BCUT2D eigenvalue weighted by atomic mass is 16.5. The van der Waals surface area contributed by atoms with Crippen molar-refractivity contribution in [2.75, 3.05) is 23.8 Å². The van der Waals surface area contributed by atoms with Crippen LogP contribution in [0.5, 0.6) is 11.5 Å². The van der Waals surface area contributed by atoms with Gasteiger partial charge in [0.1, 0.15) is 17.2 Å². The van der Waals surface area contributed by atoms with Crippen molar-refractivity contribution in [2.24, 2.45) is 0 Å². The molecular weight excluding hydrogens is 348 g/mol. The molecule has 0 aliphatic carbocycles. The van der Waals surface area contributed by atoms with Crippen LogP contribution in [-0.2, 0) is 4.79 Å². The van der Waals surface area contributed by atoms with Crippen molar-refractivity contribution in [3.63, 3.8) is 0 Å². The zero-order valence-electron chi connectivity index (χ0n) is 14.5. The average molecular weight is 364 g/mol. The van der Waals surface area contributed by atoms with E-state index in [0.29, 0.717) is 35.0 Å². The van der Waals surface area contributed by atoms with Crippen LogP contribution in [0.25, 0.3) is 11.1 Å². The van der Waals surface area contributed by atoms with Crippen molar-refractivity contribution >= 4 is 23.0 Å². The maximum atomic E-state index is 12.2. The smallest absolute Gasteiger partial charge is 0.262 e. The van der Waals surface area contributed by atoms with E-state index in [4.69, 9.17) is 9.47 Å². The molecule has 7 nitrogen and oxygen atoms in total. The second-order valence-electron chi connectivity index (χ2n) is 6.01. The number of ether oxygens (including phenoxy) is 2. The van der Waals surface area contributed by atoms with Crippen LogP contribution < -0.4 is 31.0 Å². The normalized spacial score (nSPS) is 12.9. The Labute approximate surface area is 154 Å². The molecule has 1 amide bonds. The molecule has 0 unspecified atom stereocenters. The molecule has 1 heterocycles. The Morgan fingerprint density at radius 2 is 1.93 bits per heavy atom. The summed E-state index contributed by atoms with van der Waals surface area (Å²) in [5.74, 6) is 0.815. The number of benzene rings is 2. The number of fused-ring (bicyclic) bond motifs is 1. The van der Waals surface area contributed by atoms with Crippen LogP contribution in [0.15, 0.2) is 52.1 Å². The third kappa shape index (κ3) is 2.93. The van der Waals surface area contributed by atoms with E-state index in [1.54, 1.807) is 30.3 Å². The van der Waals surface area contributed by atoms with Crippen LogP contribution in [-0.4, -0.2) is 19.1 Å². The molecule has 0 saturated heterocycles. The summed E-state index contributed by atoms with van der Waals surface area (Å²) >= 11 is 0. The topological polar surface area (TPSA) is 93.7 Å². The lowest BCUT2D eigenvalue weighted by atomic mass is 9.97. The summed E-state index contributed by atoms with van der Waals surface area (Å²) < 4.78 is 10.9. The van der Waals surface area contributed by atoms with Gasteiger partial charge < -0.3 is 20.1 Å². The predicted molar refractivity (Wildman–Crippen MR) is 102 cm³/mol. The van der Waals surface area contributed by atoms with Crippen molar-refractivity contribution < 1.29 is 14.3 Å². The summed E-state index contributed by atoms with van der Waals surface area (Å²) in [4.78, 5) is 35.7. The minimum absolute atomic E-state index is 0.0881. The quantitative estimate of drug-likeness (QED) is 0.676. The molecule has 0 atom stereocenters. The van der Waals surface area contributed by atoms with Gasteiger partial charge in [0.15, 0.2) is 6.61 Å². The first-order valence-electron chi connectivity index (χ1n) is 8.47. The van der Waals surface area contributed by atoms with Crippen molar-refractivity contribution in [1.29, 1.82) is 0 Å². The molecule has 27 heavy (non-hydrogen) atoms. The SMILES string of the molecule is CCOc1ccccc1Nc1c(-c2ccc3c(c2)OCC(=O)N3)c(=O)c1=O. The van der Waals surface area contributed by atoms with Gasteiger partial charge in [0.05, 0.1) is 23.5 Å². The molecule has 4 rings (SSSR count). The molecule has 0 radical (unpaired) electrons. The zero-order valence-corrected chi connectivity index (χ0v) is 14.5. The van der Waals surface area contributed by atoms with Gasteiger partial charge in [0.25, 0.3) is 11.3 Å². The van der Waals surface area contributed by atoms with E-state index in [0.717, 1.165) is 0 Å². The summed E-state index contributed by atoms with van der Waals surface area (Å²) in [7, 11) is 0. The van der Waals surface area contributed by atoms with Gasteiger partial charge in [-0.1, -0.05) is 18.2 Å². The number of rotatable bonds is 5. The Kier molecular flexibility index (Phi) is 4.12. The number of hydrogen-bond donors (Lipinski definition) is 2. The summed E-state index contributed by atoms with van der Waals surface area (Å²) in [6.07, 6.45) is 0. The Morgan fingerprint density at radius 1 is 1.11 bits per heavy atom. The number of carbonyl (C=O) groups excluding carboxylic acids is 1. The largest absolute Gasteiger partial charge is 0.492 e. The minimum Gasteiger partial charge on any atom is -0.492 e. The maximum Gasteiger partial charge on any atom is 0.262 e. The molecule has 2 N–H and O–H groups in total. The highest BCUT2D eigenvalue weighted by molar-refractivity contribution is 5.96. The third-order valence-electron chi connectivity index (χ3n) is 4.26. The fourth-order valence-electron chi connectivity index (χ4n) is 3.00. The minimum atomic E-state index is -0.580. The van der Waals surface area contributed by atoms with E-state index in [2.05, 4.69) is 10.6 Å². The van der Waals surface area contributed by atoms with Crippen LogP contribution in [0.2, 0.25) is 0 Å². The molecule has 0 fully saturated rings. The molecule has 7 heteroatoms. The van der Waals surface area contributed by atoms with E-state index in [1.165, 1.54) is 0 Å².